The lowest BCUT2D eigenvalue weighted by Gasteiger charge is -2.13. The molecule has 0 fully saturated rings. The van der Waals surface area contributed by atoms with Crippen LogP contribution in [0.2, 0.25) is 5.02 Å². The van der Waals surface area contributed by atoms with Crippen molar-refractivity contribution in [2.75, 3.05) is 6.54 Å². The van der Waals surface area contributed by atoms with E-state index in [0.717, 1.165) is 12.1 Å². The fourth-order valence-corrected chi connectivity index (χ4v) is 1.36. The molecule has 0 saturated heterocycles. The molecule has 7 heteroatoms. The number of ether oxygens (including phenoxy) is 1. The van der Waals surface area contributed by atoms with Crippen LogP contribution in [0.5, 0.6) is 5.75 Å². The summed E-state index contributed by atoms with van der Waals surface area (Å²) in [5.41, 5.74) is 11.3. The first-order chi connectivity index (χ1) is 7.31. The van der Waals surface area contributed by atoms with Crippen LogP contribution >= 0.6 is 11.6 Å². The van der Waals surface area contributed by atoms with E-state index in [1.54, 1.807) is 0 Å². The third-order valence-corrected chi connectivity index (χ3v) is 2.03. The van der Waals surface area contributed by atoms with E-state index < -0.39 is 18.2 Å². The average molecular weight is 255 g/mol. The molecular formula is C9H10ClF3N2O. The molecule has 16 heavy (non-hydrogen) atoms. The van der Waals surface area contributed by atoms with Crippen LogP contribution in [0.4, 0.5) is 13.2 Å². The number of halogens is 4. The molecule has 0 aliphatic heterocycles. The number of benzene rings is 1. The van der Waals surface area contributed by atoms with Crippen molar-refractivity contribution in [3.63, 3.8) is 0 Å². The lowest BCUT2D eigenvalue weighted by Crippen LogP contribution is -2.21. The van der Waals surface area contributed by atoms with Crippen molar-refractivity contribution in [2.24, 2.45) is 11.5 Å². The fraction of sp³-hybridized carbons (Fsp3) is 0.333. The zero-order valence-corrected chi connectivity index (χ0v) is 8.85. The van der Waals surface area contributed by atoms with E-state index in [1.807, 2.05) is 0 Å². The SMILES string of the molecule is NCC(N)c1cc(Cl)cc(OC(F)(F)F)c1. The van der Waals surface area contributed by atoms with Gasteiger partial charge in [0.2, 0.25) is 0 Å². The molecule has 0 radical (unpaired) electrons. The highest BCUT2D eigenvalue weighted by Gasteiger charge is 2.31. The van der Waals surface area contributed by atoms with Gasteiger partial charge in [0.15, 0.2) is 0 Å². The van der Waals surface area contributed by atoms with Gasteiger partial charge in [0, 0.05) is 17.6 Å². The van der Waals surface area contributed by atoms with E-state index in [9.17, 15) is 13.2 Å². The molecule has 4 N–H and O–H groups in total. The maximum atomic E-state index is 12.0. The zero-order chi connectivity index (χ0) is 12.3. The molecule has 0 saturated carbocycles. The number of hydrogen-bond acceptors (Lipinski definition) is 3. The van der Waals surface area contributed by atoms with Crippen molar-refractivity contribution in [3.8, 4) is 5.75 Å². The maximum Gasteiger partial charge on any atom is 0.573 e. The van der Waals surface area contributed by atoms with Gasteiger partial charge in [-0.2, -0.15) is 0 Å². The Kier molecular flexibility index (Phi) is 4.01. The van der Waals surface area contributed by atoms with Gasteiger partial charge in [0.25, 0.3) is 0 Å². The van der Waals surface area contributed by atoms with Gasteiger partial charge in [-0.05, 0) is 23.8 Å². The Bertz CT molecular complexity index is 370. The summed E-state index contributed by atoms with van der Waals surface area (Å²) >= 11 is 5.64. The topological polar surface area (TPSA) is 61.3 Å². The van der Waals surface area contributed by atoms with E-state index in [0.29, 0.717) is 5.56 Å². The molecule has 1 aromatic carbocycles. The van der Waals surface area contributed by atoms with Gasteiger partial charge in [-0.15, -0.1) is 13.2 Å². The average Bonchev–Trinajstić information content (AvgIpc) is 2.12. The minimum Gasteiger partial charge on any atom is -0.406 e. The minimum atomic E-state index is -4.76. The third-order valence-electron chi connectivity index (χ3n) is 1.81. The molecule has 0 spiro atoms. The van der Waals surface area contributed by atoms with E-state index >= 15 is 0 Å². The highest BCUT2D eigenvalue weighted by molar-refractivity contribution is 6.30. The van der Waals surface area contributed by atoms with Crippen molar-refractivity contribution in [1.82, 2.24) is 0 Å². The molecule has 1 unspecified atom stereocenters. The van der Waals surface area contributed by atoms with Crippen molar-refractivity contribution < 1.29 is 17.9 Å². The molecule has 0 aromatic heterocycles. The number of rotatable bonds is 3. The van der Waals surface area contributed by atoms with Gasteiger partial charge < -0.3 is 16.2 Å². The molecule has 0 amide bonds. The van der Waals surface area contributed by atoms with Crippen molar-refractivity contribution in [2.45, 2.75) is 12.4 Å². The smallest absolute Gasteiger partial charge is 0.406 e. The van der Waals surface area contributed by atoms with Gasteiger partial charge in [-0.3, -0.25) is 0 Å². The fourth-order valence-electron chi connectivity index (χ4n) is 1.13. The van der Waals surface area contributed by atoms with E-state index in [-0.39, 0.29) is 11.6 Å². The van der Waals surface area contributed by atoms with Crippen LogP contribution in [-0.4, -0.2) is 12.9 Å². The van der Waals surface area contributed by atoms with Gasteiger partial charge in [0.1, 0.15) is 5.75 Å². The second-order valence-electron chi connectivity index (χ2n) is 3.11. The van der Waals surface area contributed by atoms with Gasteiger partial charge in [-0.1, -0.05) is 11.6 Å². The van der Waals surface area contributed by atoms with Crippen LogP contribution < -0.4 is 16.2 Å². The van der Waals surface area contributed by atoms with Gasteiger partial charge in [-0.25, -0.2) is 0 Å². The van der Waals surface area contributed by atoms with Crippen molar-refractivity contribution >= 4 is 11.6 Å². The minimum absolute atomic E-state index is 0.103. The standard InChI is InChI=1S/C9H10ClF3N2O/c10-6-1-5(8(15)4-14)2-7(3-6)16-9(11,12)13/h1-3,8H,4,14-15H2. The third kappa shape index (κ3) is 3.88. The van der Waals surface area contributed by atoms with Crippen molar-refractivity contribution in [1.29, 1.82) is 0 Å². The first kappa shape index (κ1) is 13.1. The first-order valence-electron chi connectivity index (χ1n) is 4.33. The summed E-state index contributed by atoms with van der Waals surface area (Å²) in [6.07, 6.45) is -4.76. The summed E-state index contributed by atoms with van der Waals surface area (Å²) in [6, 6.07) is 3.09. The Hall–Kier alpha value is -0.980. The number of hydrogen-bond donors (Lipinski definition) is 2. The summed E-state index contributed by atoms with van der Waals surface area (Å²) in [5.74, 6) is -0.404. The van der Waals surface area contributed by atoms with Crippen LogP contribution in [-0.2, 0) is 0 Å². The largest absolute Gasteiger partial charge is 0.573 e. The van der Waals surface area contributed by atoms with Crippen LogP contribution in [0.1, 0.15) is 11.6 Å². The summed E-state index contributed by atoms with van der Waals surface area (Å²) in [5, 5.41) is 0.112. The Morgan fingerprint density at radius 2 is 1.94 bits per heavy atom. The summed E-state index contributed by atoms with van der Waals surface area (Å²) in [7, 11) is 0. The Labute approximate surface area is 95.1 Å². The number of nitrogens with two attached hydrogens (primary N) is 2. The van der Waals surface area contributed by atoms with E-state index in [4.69, 9.17) is 23.1 Å². The predicted octanol–water partition coefficient (Wildman–Crippen LogP) is 2.20. The van der Waals surface area contributed by atoms with Crippen LogP contribution in [0.15, 0.2) is 18.2 Å². The molecule has 1 rings (SSSR count). The molecular weight excluding hydrogens is 245 g/mol. The van der Waals surface area contributed by atoms with Gasteiger partial charge >= 0.3 is 6.36 Å². The Morgan fingerprint density at radius 1 is 1.31 bits per heavy atom. The summed E-state index contributed by atoms with van der Waals surface area (Å²) < 4.78 is 39.6. The molecule has 0 aliphatic rings. The molecule has 90 valence electrons. The molecule has 0 heterocycles. The monoisotopic (exact) mass is 254 g/mol. The first-order valence-corrected chi connectivity index (χ1v) is 4.71. The second-order valence-corrected chi connectivity index (χ2v) is 3.55. The quantitative estimate of drug-likeness (QED) is 0.869. The zero-order valence-electron chi connectivity index (χ0n) is 8.09. The molecule has 1 atom stereocenters. The summed E-state index contributed by atoms with van der Waals surface area (Å²) in [6.45, 7) is 0.103. The lowest BCUT2D eigenvalue weighted by atomic mass is 10.1. The second kappa shape index (κ2) is 4.90. The number of alkyl halides is 3. The highest BCUT2D eigenvalue weighted by Crippen LogP contribution is 2.28. The van der Waals surface area contributed by atoms with Crippen LogP contribution in [0.3, 0.4) is 0 Å². The maximum absolute atomic E-state index is 12.0. The van der Waals surface area contributed by atoms with E-state index in [1.165, 1.54) is 6.07 Å². The lowest BCUT2D eigenvalue weighted by molar-refractivity contribution is -0.274. The van der Waals surface area contributed by atoms with Crippen LogP contribution in [0.25, 0.3) is 0 Å². The molecule has 1 aromatic rings. The van der Waals surface area contributed by atoms with Gasteiger partial charge in [0.05, 0.1) is 0 Å². The van der Waals surface area contributed by atoms with Crippen molar-refractivity contribution in [3.05, 3.63) is 28.8 Å². The predicted molar refractivity (Wildman–Crippen MR) is 54.1 cm³/mol. The molecule has 0 aliphatic carbocycles. The molecule has 0 bridgehead atoms. The van der Waals surface area contributed by atoms with E-state index in [2.05, 4.69) is 4.74 Å². The molecule has 3 nitrogen and oxygen atoms in total. The highest BCUT2D eigenvalue weighted by atomic mass is 35.5. The summed E-state index contributed by atoms with van der Waals surface area (Å²) in [4.78, 5) is 0. The normalized spacial score (nSPS) is 13.6. The Balaban J connectivity index is 2.99. The Morgan fingerprint density at radius 3 is 2.44 bits per heavy atom. The van der Waals surface area contributed by atoms with Crippen LogP contribution in [0, 0.1) is 0 Å².